The maximum absolute atomic E-state index is 11.5. The first-order valence-electron chi connectivity index (χ1n) is 5.26. The summed E-state index contributed by atoms with van der Waals surface area (Å²) in [4.78, 5) is 11.5. The molecular formula is C11H22ClNO. The van der Waals surface area contributed by atoms with Crippen molar-refractivity contribution in [1.82, 2.24) is 5.32 Å². The zero-order valence-electron chi connectivity index (χ0n) is 9.69. The number of hydrogen-bond donors (Lipinski definition) is 1. The highest BCUT2D eigenvalue weighted by atomic mass is 35.5. The molecule has 14 heavy (non-hydrogen) atoms. The van der Waals surface area contributed by atoms with Crippen LogP contribution in [0.15, 0.2) is 0 Å². The fourth-order valence-electron chi connectivity index (χ4n) is 1.11. The second-order valence-corrected chi connectivity index (χ2v) is 4.97. The first kappa shape index (κ1) is 13.8. The highest BCUT2D eigenvalue weighted by Crippen LogP contribution is 2.15. The first-order valence-corrected chi connectivity index (χ1v) is 5.80. The van der Waals surface area contributed by atoms with Crippen LogP contribution >= 0.6 is 11.6 Å². The molecule has 84 valence electrons. The van der Waals surface area contributed by atoms with Crippen molar-refractivity contribution in [2.75, 3.05) is 12.4 Å². The molecule has 1 unspecified atom stereocenters. The molecule has 0 spiro atoms. The summed E-state index contributed by atoms with van der Waals surface area (Å²) in [5.74, 6) is 0.825. The Hall–Kier alpha value is -0.240. The van der Waals surface area contributed by atoms with Gasteiger partial charge in [0.05, 0.1) is 0 Å². The number of amides is 1. The molecule has 1 amide bonds. The maximum atomic E-state index is 11.5. The predicted octanol–water partition coefficient (Wildman–Crippen LogP) is 2.80. The maximum Gasteiger partial charge on any atom is 0.222 e. The summed E-state index contributed by atoms with van der Waals surface area (Å²) in [5, 5.41) is 2.94. The van der Waals surface area contributed by atoms with Gasteiger partial charge in [-0.15, -0.1) is 11.6 Å². The van der Waals surface area contributed by atoms with Crippen molar-refractivity contribution in [1.29, 1.82) is 0 Å². The monoisotopic (exact) mass is 219 g/mol. The van der Waals surface area contributed by atoms with E-state index in [-0.39, 0.29) is 17.2 Å². The van der Waals surface area contributed by atoms with Gasteiger partial charge in [-0.1, -0.05) is 34.1 Å². The molecule has 0 radical (unpaired) electrons. The Balaban J connectivity index is 3.84. The van der Waals surface area contributed by atoms with E-state index in [1.165, 1.54) is 0 Å². The van der Waals surface area contributed by atoms with E-state index in [9.17, 15) is 4.79 Å². The average Bonchev–Trinajstić information content (AvgIpc) is 2.15. The zero-order chi connectivity index (χ0) is 11.2. The Morgan fingerprint density at radius 1 is 1.50 bits per heavy atom. The van der Waals surface area contributed by atoms with Gasteiger partial charge in [-0.2, -0.15) is 0 Å². The number of hydrogen-bond acceptors (Lipinski definition) is 1. The van der Waals surface area contributed by atoms with Crippen molar-refractivity contribution in [3.8, 4) is 0 Å². The van der Waals surface area contributed by atoms with Crippen LogP contribution in [0.25, 0.3) is 0 Å². The van der Waals surface area contributed by atoms with E-state index >= 15 is 0 Å². The van der Waals surface area contributed by atoms with Crippen molar-refractivity contribution in [2.45, 2.75) is 40.5 Å². The lowest BCUT2D eigenvalue weighted by Gasteiger charge is -2.22. The van der Waals surface area contributed by atoms with Crippen LogP contribution in [0.5, 0.6) is 0 Å². The highest BCUT2D eigenvalue weighted by molar-refractivity contribution is 6.18. The van der Waals surface area contributed by atoms with Crippen LogP contribution in [0, 0.1) is 11.3 Å². The van der Waals surface area contributed by atoms with Crippen LogP contribution in [-0.2, 0) is 4.79 Å². The third-order valence-electron chi connectivity index (χ3n) is 2.27. The van der Waals surface area contributed by atoms with Crippen LogP contribution < -0.4 is 5.32 Å². The normalized spacial score (nSPS) is 13.8. The number of alkyl halides is 1. The Bertz CT molecular complexity index is 180. The molecule has 0 aliphatic rings. The van der Waals surface area contributed by atoms with Gasteiger partial charge in [0.25, 0.3) is 0 Å². The van der Waals surface area contributed by atoms with E-state index in [0.29, 0.717) is 12.4 Å². The molecule has 0 aromatic carbocycles. The topological polar surface area (TPSA) is 29.1 Å². The molecule has 0 fully saturated rings. The van der Waals surface area contributed by atoms with Crippen LogP contribution in [0.2, 0.25) is 0 Å². The molecule has 0 bridgehead atoms. The van der Waals surface area contributed by atoms with Gasteiger partial charge in [0, 0.05) is 18.3 Å². The first-order chi connectivity index (χ1) is 6.43. The zero-order valence-corrected chi connectivity index (χ0v) is 10.4. The van der Waals surface area contributed by atoms with Crippen molar-refractivity contribution >= 4 is 17.5 Å². The minimum atomic E-state index is -0.0108. The summed E-state index contributed by atoms with van der Waals surface area (Å²) in [6.07, 6.45) is 2.00. The molecule has 1 atom stereocenters. The number of nitrogens with one attached hydrogen (secondary N) is 1. The smallest absolute Gasteiger partial charge is 0.222 e. The van der Waals surface area contributed by atoms with Gasteiger partial charge < -0.3 is 5.32 Å². The van der Waals surface area contributed by atoms with Gasteiger partial charge in [0.1, 0.15) is 0 Å². The van der Waals surface area contributed by atoms with Crippen molar-refractivity contribution in [3.63, 3.8) is 0 Å². The molecule has 2 nitrogen and oxygen atoms in total. The molecule has 0 aliphatic carbocycles. The number of carbonyl (C=O) groups excluding carboxylic acids is 1. The van der Waals surface area contributed by atoms with E-state index < -0.39 is 0 Å². The Morgan fingerprint density at radius 2 is 2.07 bits per heavy atom. The van der Waals surface area contributed by atoms with Crippen LogP contribution in [0.3, 0.4) is 0 Å². The van der Waals surface area contributed by atoms with Gasteiger partial charge in [-0.05, 0) is 11.8 Å². The summed E-state index contributed by atoms with van der Waals surface area (Å²) in [6.45, 7) is 8.80. The predicted molar refractivity (Wildman–Crippen MR) is 61.6 cm³/mol. The lowest BCUT2D eigenvalue weighted by molar-refractivity contribution is -0.125. The lowest BCUT2D eigenvalue weighted by atomic mass is 9.96. The van der Waals surface area contributed by atoms with Gasteiger partial charge in [0.2, 0.25) is 5.91 Å². The minimum Gasteiger partial charge on any atom is -0.355 e. The molecule has 0 saturated carbocycles. The van der Waals surface area contributed by atoms with Crippen molar-refractivity contribution in [3.05, 3.63) is 0 Å². The number of halogens is 1. The Morgan fingerprint density at radius 3 is 2.50 bits per heavy atom. The quantitative estimate of drug-likeness (QED) is 0.684. The SMILES string of the molecule is CCCC(C)C(=O)NCC(C)(C)CCl. The Kier molecular flexibility index (Phi) is 6.17. The van der Waals surface area contributed by atoms with Crippen LogP contribution in [-0.4, -0.2) is 18.3 Å². The van der Waals surface area contributed by atoms with Crippen molar-refractivity contribution in [2.24, 2.45) is 11.3 Å². The molecule has 0 aromatic rings. The second kappa shape index (κ2) is 6.28. The van der Waals surface area contributed by atoms with Crippen LogP contribution in [0.4, 0.5) is 0 Å². The third kappa shape index (κ3) is 5.48. The standard InChI is InChI=1S/C11H22ClNO/c1-5-6-9(2)10(14)13-8-11(3,4)7-12/h9H,5-8H2,1-4H3,(H,13,14). The van der Waals surface area contributed by atoms with Crippen LogP contribution in [0.1, 0.15) is 40.5 Å². The summed E-state index contributed by atoms with van der Waals surface area (Å²) >= 11 is 5.77. The molecule has 0 aromatic heterocycles. The lowest BCUT2D eigenvalue weighted by Crippen LogP contribution is -2.37. The van der Waals surface area contributed by atoms with Gasteiger partial charge in [-0.3, -0.25) is 4.79 Å². The van der Waals surface area contributed by atoms with Gasteiger partial charge in [-0.25, -0.2) is 0 Å². The fourth-order valence-corrected chi connectivity index (χ4v) is 1.21. The summed E-state index contributed by atoms with van der Waals surface area (Å²) in [5.41, 5.74) is -0.0108. The fraction of sp³-hybridized carbons (Fsp3) is 0.909. The van der Waals surface area contributed by atoms with Gasteiger partial charge in [0.15, 0.2) is 0 Å². The Labute approximate surface area is 92.4 Å². The molecule has 0 rings (SSSR count). The summed E-state index contributed by atoms with van der Waals surface area (Å²) in [6, 6.07) is 0. The van der Waals surface area contributed by atoms with E-state index in [0.717, 1.165) is 12.8 Å². The molecule has 0 saturated heterocycles. The molecular weight excluding hydrogens is 198 g/mol. The molecule has 1 N–H and O–H groups in total. The number of rotatable bonds is 6. The number of carbonyl (C=O) groups is 1. The third-order valence-corrected chi connectivity index (χ3v) is 3.00. The second-order valence-electron chi connectivity index (χ2n) is 4.71. The van der Waals surface area contributed by atoms with E-state index in [1.807, 2.05) is 20.8 Å². The van der Waals surface area contributed by atoms with Gasteiger partial charge >= 0.3 is 0 Å². The summed E-state index contributed by atoms with van der Waals surface area (Å²) < 4.78 is 0. The van der Waals surface area contributed by atoms with E-state index in [2.05, 4.69) is 12.2 Å². The largest absolute Gasteiger partial charge is 0.355 e. The van der Waals surface area contributed by atoms with E-state index in [1.54, 1.807) is 0 Å². The highest BCUT2D eigenvalue weighted by Gasteiger charge is 2.19. The molecule has 3 heteroatoms. The average molecular weight is 220 g/mol. The minimum absolute atomic E-state index is 0.0108. The molecule has 0 aliphatic heterocycles. The van der Waals surface area contributed by atoms with E-state index in [4.69, 9.17) is 11.6 Å². The van der Waals surface area contributed by atoms with Crippen molar-refractivity contribution < 1.29 is 4.79 Å². The molecule has 0 heterocycles. The summed E-state index contributed by atoms with van der Waals surface area (Å²) in [7, 11) is 0.